The van der Waals surface area contributed by atoms with Gasteiger partial charge in [-0.1, -0.05) is 40.7 Å². The monoisotopic (exact) mass is 454 g/mol. The molecule has 2 N–H and O–H groups in total. The SMILES string of the molecule is CC(=O)C(CC(C)C)OC(=S)C(C)(C)CNC(=O)C(C)NC(=O)/C=C/CCC(C)C=O. The second-order valence-electron chi connectivity index (χ2n) is 9.06. The van der Waals surface area contributed by atoms with Crippen molar-refractivity contribution in [3.05, 3.63) is 12.2 Å². The van der Waals surface area contributed by atoms with Crippen LogP contribution in [-0.2, 0) is 23.9 Å². The molecule has 0 aliphatic heterocycles. The van der Waals surface area contributed by atoms with Crippen LogP contribution in [0.3, 0.4) is 0 Å². The second-order valence-corrected chi connectivity index (χ2v) is 9.43. The van der Waals surface area contributed by atoms with E-state index in [1.54, 1.807) is 13.0 Å². The number of hydrogen-bond acceptors (Lipinski definition) is 6. The zero-order chi connectivity index (χ0) is 24.2. The smallest absolute Gasteiger partial charge is 0.244 e. The molecule has 0 radical (unpaired) electrons. The van der Waals surface area contributed by atoms with Gasteiger partial charge in [0.15, 0.2) is 16.9 Å². The van der Waals surface area contributed by atoms with Crippen molar-refractivity contribution in [1.29, 1.82) is 0 Å². The number of ketones is 1. The molecule has 3 unspecified atom stereocenters. The average molecular weight is 455 g/mol. The Kier molecular flexibility index (Phi) is 13.1. The topological polar surface area (TPSA) is 102 Å². The molecule has 0 bridgehead atoms. The normalized spacial score (nSPS) is 14.6. The number of hydrogen-bond donors (Lipinski definition) is 2. The molecule has 8 heteroatoms. The lowest BCUT2D eigenvalue weighted by molar-refractivity contribution is -0.127. The number of carbonyl (C=O) groups is 4. The van der Waals surface area contributed by atoms with Crippen LogP contribution in [0.4, 0.5) is 0 Å². The summed E-state index contributed by atoms with van der Waals surface area (Å²) in [7, 11) is 0. The Hall–Kier alpha value is -2.09. The van der Waals surface area contributed by atoms with Gasteiger partial charge in [0.1, 0.15) is 12.3 Å². The number of Topliss-reactive ketones (excluding diaryl/α,β-unsaturated/α-hetero) is 1. The van der Waals surface area contributed by atoms with Gasteiger partial charge in [0.25, 0.3) is 0 Å². The third-order valence-corrected chi connectivity index (χ3v) is 5.34. The van der Waals surface area contributed by atoms with Gasteiger partial charge < -0.3 is 20.2 Å². The minimum absolute atomic E-state index is 0.0491. The number of nitrogens with one attached hydrogen (secondary N) is 2. The van der Waals surface area contributed by atoms with E-state index in [2.05, 4.69) is 10.6 Å². The van der Waals surface area contributed by atoms with Crippen molar-refractivity contribution < 1.29 is 23.9 Å². The summed E-state index contributed by atoms with van der Waals surface area (Å²) in [5, 5.41) is 5.63. The van der Waals surface area contributed by atoms with E-state index < -0.39 is 17.6 Å². The molecule has 0 rings (SSSR count). The molecule has 0 aromatic heterocycles. The average Bonchev–Trinajstić information content (AvgIpc) is 2.67. The highest BCUT2D eigenvalue weighted by atomic mass is 32.1. The zero-order valence-corrected chi connectivity index (χ0v) is 20.6. The molecule has 0 saturated carbocycles. The van der Waals surface area contributed by atoms with Crippen molar-refractivity contribution >= 4 is 41.2 Å². The first-order valence-corrected chi connectivity index (χ1v) is 11.1. The van der Waals surface area contributed by atoms with Crippen molar-refractivity contribution in [3.63, 3.8) is 0 Å². The predicted molar refractivity (Wildman–Crippen MR) is 126 cm³/mol. The number of allylic oxidation sites excluding steroid dienone is 1. The maximum Gasteiger partial charge on any atom is 0.244 e. The molecule has 2 amide bonds. The van der Waals surface area contributed by atoms with Crippen LogP contribution in [0, 0.1) is 17.3 Å². The molecule has 3 atom stereocenters. The number of amides is 2. The maximum atomic E-state index is 12.4. The van der Waals surface area contributed by atoms with Crippen molar-refractivity contribution in [2.75, 3.05) is 6.54 Å². The van der Waals surface area contributed by atoms with Crippen molar-refractivity contribution in [3.8, 4) is 0 Å². The molecule has 31 heavy (non-hydrogen) atoms. The first-order chi connectivity index (χ1) is 14.3. The Morgan fingerprint density at radius 2 is 1.74 bits per heavy atom. The highest BCUT2D eigenvalue weighted by Crippen LogP contribution is 2.21. The Balaban J connectivity index is 4.61. The molecular weight excluding hydrogens is 416 g/mol. The molecule has 176 valence electrons. The molecule has 0 heterocycles. The van der Waals surface area contributed by atoms with Crippen molar-refractivity contribution in [2.45, 2.75) is 79.9 Å². The van der Waals surface area contributed by atoms with Crippen molar-refractivity contribution in [1.82, 2.24) is 10.6 Å². The summed E-state index contributed by atoms with van der Waals surface area (Å²) in [4.78, 5) is 46.7. The van der Waals surface area contributed by atoms with Crippen LogP contribution in [0.2, 0.25) is 0 Å². The van der Waals surface area contributed by atoms with E-state index in [4.69, 9.17) is 17.0 Å². The number of ether oxygens (including phenoxy) is 1. The maximum absolute atomic E-state index is 12.4. The number of rotatable bonds is 14. The van der Waals surface area contributed by atoms with E-state index in [0.29, 0.717) is 19.3 Å². The van der Waals surface area contributed by atoms with Gasteiger partial charge in [0.2, 0.25) is 11.8 Å². The van der Waals surface area contributed by atoms with Crippen LogP contribution in [-0.4, -0.2) is 47.6 Å². The first-order valence-electron chi connectivity index (χ1n) is 10.7. The fraction of sp³-hybridized carbons (Fsp3) is 0.696. The van der Waals surface area contributed by atoms with Gasteiger partial charge in [-0.05, 0) is 57.3 Å². The fourth-order valence-corrected chi connectivity index (χ4v) is 2.68. The predicted octanol–water partition coefficient (Wildman–Crippen LogP) is 3.15. The molecule has 0 aromatic carbocycles. The van der Waals surface area contributed by atoms with E-state index in [1.165, 1.54) is 13.0 Å². The van der Waals surface area contributed by atoms with Gasteiger partial charge in [-0.2, -0.15) is 0 Å². The summed E-state index contributed by atoms with van der Waals surface area (Å²) in [5.41, 5.74) is -0.672. The fourth-order valence-electron chi connectivity index (χ4n) is 2.49. The van der Waals surface area contributed by atoms with Crippen LogP contribution >= 0.6 is 12.2 Å². The van der Waals surface area contributed by atoms with Crippen LogP contribution in [0.15, 0.2) is 12.2 Å². The molecule has 0 saturated heterocycles. The van der Waals surface area contributed by atoms with Crippen LogP contribution in [0.25, 0.3) is 0 Å². The van der Waals surface area contributed by atoms with E-state index >= 15 is 0 Å². The summed E-state index contributed by atoms with van der Waals surface area (Å²) in [6.07, 6.45) is 5.18. The highest BCUT2D eigenvalue weighted by Gasteiger charge is 2.30. The Morgan fingerprint density at radius 3 is 2.26 bits per heavy atom. The van der Waals surface area contributed by atoms with Crippen LogP contribution in [0.5, 0.6) is 0 Å². The zero-order valence-electron chi connectivity index (χ0n) is 19.8. The third kappa shape index (κ3) is 12.4. The molecule has 7 nitrogen and oxygen atoms in total. The van der Waals surface area contributed by atoms with E-state index in [-0.39, 0.29) is 41.0 Å². The number of carbonyl (C=O) groups excluding carboxylic acids is 4. The lowest BCUT2D eigenvalue weighted by Gasteiger charge is -2.29. The molecule has 0 spiro atoms. The second kappa shape index (κ2) is 14.1. The van der Waals surface area contributed by atoms with Gasteiger partial charge in [0.05, 0.1) is 5.41 Å². The van der Waals surface area contributed by atoms with Gasteiger partial charge in [-0.3, -0.25) is 14.4 Å². The lowest BCUT2D eigenvalue weighted by Crippen LogP contribution is -2.48. The summed E-state index contributed by atoms with van der Waals surface area (Å²) < 4.78 is 5.75. The molecular formula is C23H38N2O5S. The van der Waals surface area contributed by atoms with Gasteiger partial charge in [-0.15, -0.1) is 0 Å². The van der Waals surface area contributed by atoms with Crippen LogP contribution in [0.1, 0.15) is 67.7 Å². The van der Waals surface area contributed by atoms with E-state index in [0.717, 1.165) is 6.29 Å². The first kappa shape index (κ1) is 28.9. The highest BCUT2D eigenvalue weighted by molar-refractivity contribution is 7.80. The third-order valence-electron chi connectivity index (χ3n) is 4.69. The van der Waals surface area contributed by atoms with Gasteiger partial charge in [-0.25, -0.2) is 0 Å². The quantitative estimate of drug-likeness (QED) is 0.237. The lowest BCUT2D eigenvalue weighted by atomic mass is 9.94. The molecule has 0 aliphatic rings. The van der Waals surface area contributed by atoms with Crippen LogP contribution < -0.4 is 10.6 Å². The Bertz CT molecular complexity index is 673. The summed E-state index contributed by atoms with van der Waals surface area (Å²) in [6, 6.07) is -0.734. The Labute approximate surface area is 191 Å². The molecule has 0 aromatic rings. The minimum Gasteiger partial charge on any atom is -0.475 e. The van der Waals surface area contributed by atoms with E-state index in [9.17, 15) is 19.2 Å². The van der Waals surface area contributed by atoms with Gasteiger partial charge >= 0.3 is 0 Å². The molecule has 0 aliphatic carbocycles. The number of thiocarbonyl (C=S) groups is 1. The summed E-state index contributed by atoms with van der Waals surface area (Å²) in [6.45, 7) is 12.8. The number of aldehydes is 1. The minimum atomic E-state index is -0.734. The standard InChI is InChI=1S/C23H38N2O5S/c1-15(2)12-19(18(5)27)30-22(31)23(6,7)14-24-21(29)17(4)25-20(28)11-9-8-10-16(3)13-26/h9,11,13,15-17,19H,8,10,12,14H2,1-7H3,(H,24,29)(H,25,28)/b11-9+. The van der Waals surface area contributed by atoms with Crippen molar-refractivity contribution in [2.24, 2.45) is 17.3 Å². The largest absolute Gasteiger partial charge is 0.475 e. The summed E-state index contributed by atoms with van der Waals surface area (Å²) >= 11 is 5.39. The Morgan fingerprint density at radius 1 is 1.13 bits per heavy atom. The summed E-state index contributed by atoms with van der Waals surface area (Å²) in [5.74, 6) is -0.575. The van der Waals surface area contributed by atoms with Gasteiger partial charge in [0, 0.05) is 12.5 Å². The van der Waals surface area contributed by atoms with E-state index in [1.807, 2.05) is 34.6 Å². The molecule has 0 fully saturated rings.